The van der Waals surface area contributed by atoms with Crippen molar-refractivity contribution in [1.29, 1.82) is 0 Å². The van der Waals surface area contributed by atoms with Crippen LogP contribution in [0.2, 0.25) is 0 Å². The van der Waals surface area contributed by atoms with E-state index in [1.165, 1.54) is 12.8 Å². The van der Waals surface area contributed by atoms with Crippen molar-refractivity contribution in [2.24, 2.45) is 0 Å². The van der Waals surface area contributed by atoms with Gasteiger partial charge in [-0.1, -0.05) is 12.1 Å². The van der Waals surface area contributed by atoms with Crippen molar-refractivity contribution in [2.45, 2.75) is 44.8 Å². The van der Waals surface area contributed by atoms with Crippen LogP contribution in [0.4, 0.5) is 5.69 Å². The summed E-state index contributed by atoms with van der Waals surface area (Å²) >= 11 is 0. The van der Waals surface area contributed by atoms with Gasteiger partial charge < -0.3 is 19.5 Å². The maximum absolute atomic E-state index is 12.9. The van der Waals surface area contributed by atoms with E-state index in [-0.39, 0.29) is 23.8 Å². The zero-order valence-electron chi connectivity index (χ0n) is 15.1. The fourth-order valence-electron chi connectivity index (χ4n) is 4.01. The minimum Gasteiger partial charge on any atom is -0.507 e. The van der Waals surface area contributed by atoms with Gasteiger partial charge in [-0.05, 0) is 56.4 Å². The Morgan fingerprint density at radius 2 is 1.88 bits per heavy atom. The second-order valence-corrected chi connectivity index (χ2v) is 6.95. The van der Waals surface area contributed by atoms with Gasteiger partial charge in [0.1, 0.15) is 5.75 Å². The molecule has 5 nitrogen and oxygen atoms in total. The van der Waals surface area contributed by atoms with Crippen LogP contribution >= 0.6 is 0 Å². The van der Waals surface area contributed by atoms with Crippen molar-refractivity contribution in [1.82, 2.24) is 0 Å². The number of phenols is 1. The summed E-state index contributed by atoms with van der Waals surface area (Å²) in [7, 11) is 1.62. The summed E-state index contributed by atoms with van der Waals surface area (Å²) in [6, 6.07) is 10.6. The number of ether oxygens (including phenoxy) is 2. The van der Waals surface area contributed by atoms with Gasteiger partial charge in [-0.15, -0.1) is 0 Å². The lowest BCUT2D eigenvalue weighted by molar-refractivity contribution is 0.0990. The minimum absolute atomic E-state index is 0.0257. The predicted octanol–water partition coefficient (Wildman–Crippen LogP) is 4.44. The molecule has 1 fully saturated rings. The van der Waals surface area contributed by atoms with Crippen LogP contribution in [0.15, 0.2) is 36.4 Å². The van der Waals surface area contributed by atoms with Gasteiger partial charge in [-0.25, -0.2) is 0 Å². The van der Waals surface area contributed by atoms with Crippen molar-refractivity contribution in [3.8, 4) is 17.2 Å². The molecule has 4 rings (SSSR count). The number of phenolic OH excluding ortho intramolecular Hbond substituents is 1. The Hall–Kier alpha value is -2.69. The molecule has 0 spiro atoms. The molecule has 0 bridgehead atoms. The number of amides is 1. The van der Waals surface area contributed by atoms with Gasteiger partial charge in [0.2, 0.25) is 0 Å². The maximum Gasteiger partial charge on any atom is 0.262 e. The molecule has 1 atom stereocenters. The average molecular weight is 353 g/mol. The first-order valence-corrected chi connectivity index (χ1v) is 9.10. The van der Waals surface area contributed by atoms with Crippen LogP contribution < -0.4 is 14.4 Å². The number of carbonyl (C=O) groups is 1. The molecule has 2 aromatic carbocycles. The summed E-state index contributed by atoms with van der Waals surface area (Å²) < 4.78 is 11.6. The second kappa shape index (κ2) is 6.56. The standard InChI is InChI=1S/C21H23NO4/c1-13-16-8-5-9-17(23)20(16)21(24)22(13)14-10-11-18(25-2)19(12-14)26-15-6-3-4-7-15/h5,8-13,15,23H,3-4,6-7H2,1-2H3. The Bertz CT molecular complexity index is 842. The molecule has 5 heteroatoms. The zero-order valence-corrected chi connectivity index (χ0v) is 15.1. The Morgan fingerprint density at radius 1 is 1.12 bits per heavy atom. The molecule has 0 radical (unpaired) electrons. The molecule has 2 aliphatic rings. The topological polar surface area (TPSA) is 59.0 Å². The van der Waals surface area contributed by atoms with Crippen molar-refractivity contribution in [3.63, 3.8) is 0 Å². The van der Waals surface area contributed by atoms with Crippen LogP contribution in [0.1, 0.15) is 54.6 Å². The van der Waals surface area contributed by atoms with E-state index in [9.17, 15) is 9.90 Å². The first-order chi connectivity index (χ1) is 12.6. The number of aromatic hydroxyl groups is 1. The van der Waals surface area contributed by atoms with Crippen molar-refractivity contribution >= 4 is 11.6 Å². The molecule has 136 valence electrons. The summed E-state index contributed by atoms with van der Waals surface area (Å²) in [5, 5.41) is 10.1. The Kier molecular flexibility index (Phi) is 4.23. The number of methoxy groups -OCH3 is 1. The van der Waals surface area contributed by atoms with Crippen molar-refractivity contribution in [3.05, 3.63) is 47.5 Å². The third-order valence-electron chi connectivity index (χ3n) is 5.37. The fourth-order valence-corrected chi connectivity index (χ4v) is 4.01. The zero-order chi connectivity index (χ0) is 18.3. The summed E-state index contributed by atoms with van der Waals surface area (Å²) in [5.41, 5.74) is 1.96. The van der Waals surface area contributed by atoms with Gasteiger partial charge >= 0.3 is 0 Å². The van der Waals surface area contributed by atoms with Crippen LogP contribution in [0.25, 0.3) is 0 Å². The molecule has 1 unspecified atom stereocenters. The highest BCUT2D eigenvalue weighted by molar-refractivity contribution is 6.12. The largest absolute Gasteiger partial charge is 0.507 e. The van der Waals surface area contributed by atoms with E-state index >= 15 is 0 Å². The Balaban J connectivity index is 1.70. The third kappa shape index (κ3) is 2.68. The van der Waals surface area contributed by atoms with E-state index < -0.39 is 0 Å². The lowest BCUT2D eigenvalue weighted by Gasteiger charge is -2.24. The van der Waals surface area contributed by atoms with E-state index in [1.807, 2.05) is 31.2 Å². The monoisotopic (exact) mass is 353 g/mol. The number of hydrogen-bond donors (Lipinski definition) is 1. The number of hydrogen-bond acceptors (Lipinski definition) is 4. The lowest BCUT2D eigenvalue weighted by atomic mass is 10.1. The molecule has 0 saturated heterocycles. The summed E-state index contributed by atoms with van der Waals surface area (Å²) in [4.78, 5) is 14.6. The summed E-state index contributed by atoms with van der Waals surface area (Å²) in [6.07, 6.45) is 4.66. The maximum atomic E-state index is 12.9. The first-order valence-electron chi connectivity index (χ1n) is 9.10. The number of carbonyl (C=O) groups excluding carboxylic acids is 1. The van der Waals surface area contributed by atoms with Gasteiger partial charge in [0.05, 0.1) is 24.8 Å². The SMILES string of the molecule is COc1ccc(N2C(=O)c3c(O)cccc3C2C)cc1OC1CCCC1. The molecule has 1 aliphatic heterocycles. The molecule has 1 N–H and O–H groups in total. The number of anilines is 1. The van der Waals surface area contributed by atoms with Gasteiger partial charge in [0, 0.05) is 11.8 Å². The van der Waals surface area contributed by atoms with Crippen LogP contribution in [0.3, 0.4) is 0 Å². The van der Waals surface area contributed by atoms with Crippen LogP contribution in [0, 0.1) is 0 Å². The smallest absolute Gasteiger partial charge is 0.262 e. The summed E-state index contributed by atoms with van der Waals surface area (Å²) in [5.74, 6) is 1.16. The lowest BCUT2D eigenvalue weighted by Crippen LogP contribution is -2.26. The van der Waals surface area contributed by atoms with Crippen LogP contribution in [-0.4, -0.2) is 24.2 Å². The summed E-state index contributed by atoms with van der Waals surface area (Å²) in [6.45, 7) is 1.96. The van der Waals surface area contributed by atoms with E-state index in [4.69, 9.17) is 9.47 Å². The van der Waals surface area contributed by atoms with E-state index in [0.717, 1.165) is 24.1 Å². The van der Waals surface area contributed by atoms with E-state index in [0.29, 0.717) is 17.1 Å². The highest BCUT2D eigenvalue weighted by Crippen LogP contribution is 2.43. The van der Waals surface area contributed by atoms with Gasteiger partial charge in [-0.2, -0.15) is 0 Å². The first kappa shape index (κ1) is 16.8. The Labute approximate surface area is 153 Å². The molecule has 0 aromatic heterocycles. The number of nitrogens with zero attached hydrogens (tertiary/aromatic N) is 1. The molecule has 2 aromatic rings. The van der Waals surface area contributed by atoms with Crippen molar-refractivity contribution in [2.75, 3.05) is 12.0 Å². The third-order valence-corrected chi connectivity index (χ3v) is 5.37. The predicted molar refractivity (Wildman–Crippen MR) is 99.2 cm³/mol. The van der Waals surface area contributed by atoms with Gasteiger partial charge in [-0.3, -0.25) is 4.79 Å². The number of benzene rings is 2. The Morgan fingerprint density at radius 3 is 2.58 bits per heavy atom. The van der Waals surface area contributed by atoms with Gasteiger partial charge in [0.15, 0.2) is 11.5 Å². The van der Waals surface area contributed by atoms with Gasteiger partial charge in [0.25, 0.3) is 5.91 Å². The van der Waals surface area contributed by atoms with Crippen molar-refractivity contribution < 1.29 is 19.4 Å². The molecule has 1 saturated carbocycles. The molecular formula is C21H23NO4. The second-order valence-electron chi connectivity index (χ2n) is 6.95. The van der Waals surface area contributed by atoms with Crippen LogP contribution in [0.5, 0.6) is 17.2 Å². The highest BCUT2D eigenvalue weighted by atomic mass is 16.5. The number of rotatable bonds is 4. The molecule has 1 amide bonds. The normalized spacial score (nSPS) is 19.7. The average Bonchev–Trinajstić information content (AvgIpc) is 3.23. The minimum atomic E-state index is -0.192. The van der Waals surface area contributed by atoms with Crippen LogP contribution in [-0.2, 0) is 0 Å². The quantitative estimate of drug-likeness (QED) is 0.882. The van der Waals surface area contributed by atoms with E-state index in [1.54, 1.807) is 24.1 Å². The fraction of sp³-hybridized carbons (Fsp3) is 0.381. The molecule has 1 aliphatic carbocycles. The highest BCUT2D eigenvalue weighted by Gasteiger charge is 2.37. The molecule has 1 heterocycles. The number of fused-ring (bicyclic) bond motifs is 1. The van der Waals surface area contributed by atoms with E-state index in [2.05, 4.69) is 0 Å². The molecular weight excluding hydrogens is 330 g/mol. The molecule has 26 heavy (non-hydrogen) atoms.